The number of hydrazine groups is 1. The lowest BCUT2D eigenvalue weighted by Gasteiger charge is -2.23. The summed E-state index contributed by atoms with van der Waals surface area (Å²) in [7, 11) is 3.65. The van der Waals surface area contributed by atoms with Gasteiger partial charge in [0.15, 0.2) is 0 Å². The van der Waals surface area contributed by atoms with Crippen LogP contribution in [0.3, 0.4) is 0 Å². The molecule has 0 unspecified atom stereocenters. The van der Waals surface area contributed by atoms with Crippen LogP contribution in [0, 0.1) is 6.92 Å². The standard InChI is InChI=1S/C6H13N2O/c1-4-5-8(6-9)7(2)3/h6H,1,4-5H2,2-3H3. The van der Waals surface area contributed by atoms with Crippen LogP contribution in [-0.4, -0.2) is 37.1 Å². The molecule has 1 amide bonds. The first-order chi connectivity index (χ1) is 4.22. The van der Waals surface area contributed by atoms with Gasteiger partial charge >= 0.3 is 0 Å². The van der Waals surface area contributed by atoms with Gasteiger partial charge in [-0.1, -0.05) is 6.92 Å². The number of nitrogens with zero attached hydrogens (tertiary/aromatic N) is 2. The lowest BCUT2D eigenvalue weighted by molar-refractivity contribution is -0.130. The predicted molar refractivity (Wildman–Crippen MR) is 36.4 cm³/mol. The fourth-order valence-electron chi connectivity index (χ4n) is 0.509. The molecule has 0 aromatic carbocycles. The maximum Gasteiger partial charge on any atom is 0.224 e. The van der Waals surface area contributed by atoms with Crippen molar-refractivity contribution in [3.8, 4) is 0 Å². The van der Waals surface area contributed by atoms with Gasteiger partial charge in [0, 0.05) is 20.6 Å². The van der Waals surface area contributed by atoms with Crippen molar-refractivity contribution in [2.45, 2.75) is 6.42 Å². The number of hydrogen-bond acceptors (Lipinski definition) is 2. The summed E-state index contributed by atoms with van der Waals surface area (Å²) in [5, 5.41) is 3.30. The zero-order valence-corrected chi connectivity index (χ0v) is 6.00. The third-order valence-corrected chi connectivity index (χ3v) is 1.02. The first-order valence-corrected chi connectivity index (χ1v) is 2.90. The molecule has 0 atom stereocenters. The molecule has 0 aromatic heterocycles. The van der Waals surface area contributed by atoms with Gasteiger partial charge in [0.05, 0.1) is 0 Å². The number of carbonyl (C=O) groups excluding carboxylic acids is 1. The molecule has 0 aliphatic carbocycles. The maximum absolute atomic E-state index is 10.2. The zero-order valence-electron chi connectivity index (χ0n) is 6.00. The van der Waals surface area contributed by atoms with E-state index < -0.39 is 0 Å². The van der Waals surface area contributed by atoms with E-state index in [1.165, 1.54) is 0 Å². The lowest BCUT2D eigenvalue weighted by Crippen LogP contribution is -2.36. The van der Waals surface area contributed by atoms with Gasteiger partial charge < -0.3 is 0 Å². The second kappa shape index (κ2) is 4.32. The van der Waals surface area contributed by atoms with E-state index in [4.69, 9.17) is 0 Å². The Labute approximate surface area is 56.2 Å². The molecule has 3 heteroatoms. The highest BCUT2D eigenvalue weighted by atomic mass is 16.1. The van der Waals surface area contributed by atoms with Gasteiger partial charge in [-0.25, -0.2) is 5.01 Å². The number of carbonyl (C=O) groups is 1. The predicted octanol–water partition coefficient (Wildman–Crippen LogP) is 0.146. The van der Waals surface area contributed by atoms with Crippen molar-refractivity contribution < 1.29 is 4.79 Å². The summed E-state index contributed by atoms with van der Waals surface area (Å²) in [6.07, 6.45) is 1.54. The molecular weight excluding hydrogens is 116 g/mol. The van der Waals surface area contributed by atoms with Gasteiger partial charge in [-0.2, -0.15) is 0 Å². The van der Waals surface area contributed by atoms with Crippen LogP contribution in [0.4, 0.5) is 0 Å². The van der Waals surface area contributed by atoms with Crippen LogP contribution in [0.1, 0.15) is 6.42 Å². The molecule has 0 saturated heterocycles. The Morgan fingerprint density at radius 3 is 2.22 bits per heavy atom. The summed E-state index contributed by atoms with van der Waals surface area (Å²) in [6, 6.07) is 0. The second-order valence-electron chi connectivity index (χ2n) is 1.97. The van der Waals surface area contributed by atoms with E-state index in [2.05, 4.69) is 6.92 Å². The van der Waals surface area contributed by atoms with Crippen molar-refractivity contribution in [2.75, 3.05) is 20.6 Å². The Morgan fingerprint density at radius 1 is 1.56 bits per heavy atom. The zero-order chi connectivity index (χ0) is 7.28. The average molecular weight is 129 g/mol. The minimum Gasteiger partial charge on any atom is -0.279 e. The van der Waals surface area contributed by atoms with Gasteiger partial charge in [-0.05, 0) is 6.42 Å². The minimum atomic E-state index is 0.691. The fraction of sp³-hybridized carbons (Fsp3) is 0.667. The Morgan fingerprint density at radius 2 is 2.11 bits per heavy atom. The van der Waals surface area contributed by atoms with Crippen LogP contribution in [0.15, 0.2) is 0 Å². The van der Waals surface area contributed by atoms with Gasteiger partial charge in [-0.3, -0.25) is 9.80 Å². The van der Waals surface area contributed by atoms with Gasteiger partial charge in [0.1, 0.15) is 0 Å². The molecule has 3 nitrogen and oxygen atoms in total. The minimum absolute atomic E-state index is 0.691. The van der Waals surface area contributed by atoms with Gasteiger partial charge in [0.2, 0.25) is 6.41 Å². The quantitative estimate of drug-likeness (QED) is 0.398. The molecule has 0 aromatic rings. The highest BCUT2D eigenvalue weighted by Crippen LogP contribution is 1.87. The molecule has 0 aliphatic rings. The lowest BCUT2D eigenvalue weighted by atomic mass is 10.5. The van der Waals surface area contributed by atoms with Crippen molar-refractivity contribution in [2.24, 2.45) is 0 Å². The SMILES string of the molecule is [CH2]CCN(C=O)N(C)C. The van der Waals surface area contributed by atoms with Gasteiger partial charge in [-0.15, -0.1) is 0 Å². The maximum atomic E-state index is 10.2. The number of amides is 1. The second-order valence-corrected chi connectivity index (χ2v) is 1.97. The van der Waals surface area contributed by atoms with E-state index in [1.807, 2.05) is 14.1 Å². The number of hydrogen-bond donors (Lipinski definition) is 0. The molecule has 0 saturated carbocycles. The van der Waals surface area contributed by atoms with Crippen LogP contribution in [-0.2, 0) is 4.79 Å². The van der Waals surface area contributed by atoms with E-state index in [1.54, 1.807) is 10.0 Å². The molecule has 0 bridgehead atoms. The summed E-state index contributed by atoms with van der Waals surface area (Å²) in [4.78, 5) is 10.2. The van der Waals surface area contributed by atoms with Crippen molar-refractivity contribution in [3.05, 3.63) is 6.92 Å². The van der Waals surface area contributed by atoms with E-state index in [0.29, 0.717) is 6.54 Å². The summed E-state index contributed by atoms with van der Waals surface area (Å²) in [5.41, 5.74) is 0. The molecule has 0 N–H and O–H groups in total. The Bertz CT molecular complexity index is 83.1. The summed E-state index contributed by atoms with van der Waals surface area (Å²) in [5.74, 6) is 0. The Hall–Kier alpha value is -0.570. The monoisotopic (exact) mass is 129 g/mol. The third kappa shape index (κ3) is 3.08. The van der Waals surface area contributed by atoms with Crippen LogP contribution in [0.2, 0.25) is 0 Å². The van der Waals surface area contributed by atoms with Crippen LogP contribution in [0.25, 0.3) is 0 Å². The molecule has 9 heavy (non-hydrogen) atoms. The largest absolute Gasteiger partial charge is 0.279 e. The molecule has 1 radical (unpaired) electrons. The van der Waals surface area contributed by atoms with Crippen molar-refractivity contribution in [3.63, 3.8) is 0 Å². The molecule has 0 heterocycles. The Kier molecular flexibility index (Phi) is 4.05. The van der Waals surface area contributed by atoms with Crippen LogP contribution in [0.5, 0.6) is 0 Å². The first-order valence-electron chi connectivity index (χ1n) is 2.90. The first kappa shape index (κ1) is 8.43. The van der Waals surface area contributed by atoms with Crippen molar-refractivity contribution in [1.29, 1.82) is 0 Å². The molecule has 53 valence electrons. The van der Waals surface area contributed by atoms with Gasteiger partial charge in [0.25, 0.3) is 0 Å². The van der Waals surface area contributed by atoms with E-state index in [-0.39, 0.29) is 0 Å². The van der Waals surface area contributed by atoms with Crippen LogP contribution < -0.4 is 0 Å². The van der Waals surface area contributed by atoms with Crippen LogP contribution >= 0.6 is 0 Å². The number of rotatable bonds is 4. The highest BCUT2D eigenvalue weighted by Gasteiger charge is 1.99. The average Bonchev–Trinajstić information content (AvgIpc) is 1.82. The smallest absolute Gasteiger partial charge is 0.224 e. The topological polar surface area (TPSA) is 23.6 Å². The summed E-state index contributed by atoms with van der Waals surface area (Å²) in [6.45, 7) is 4.32. The molecule has 0 rings (SSSR count). The molecule has 0 fully saturated rings. The Balaban J connectivity index is 3.54. The normalized spacial score (nSPS) is 9.78. The molecule has 0 spiro atoms. The summed E-state index contributed by atoms with van der Waals surface area (Å²) < 4.78 is 0. The van der Waals surface area contributed by atoms with Crippen molar-refractivity contribution in [1.82, 2.24) is 10.0 Å². The van der Waals surface area contributed by atoms with Crippen molar-refractivity contribution >= 4 is 6.41 Å². The van der Waals surface area contributed by atoms with E-state index in [0.717, 1.165) is 12.8 Å². The highest BCUT2D eigenvalue weighted by molar-refractivity contribution is 5.45. The molecule has 0 aliphatic heterocycles. The fourth-order valence-corrected chi connectivity index (χ4v) is 0.509. The van der Waals surface area contributed by atoms with E-state index in [9.17, 15) is 4.79 Å². The third-order valence-electron chi connectivity index (χ3n) is 1.02. The van der Waals surface area contributed by atoms with E-state index >= 15 is 0 Å². The molecular formula is C6H13N2O. The summed E-state index contributed by atoms with van der Waals surface area (Å²) >= 11 is 0.